The Bertz CT molecular complexity index is 99.1. The van der Waals surface area contributed by atoms with Gasteiger partial charge in [0.2, 0.25) is 0 Å². The molecule has 0 bridgehead atoms. The fourth-order valence-electron chi connectivity index (χ4n) is 0.550. The number of rotatable bonds is 3. The molecule has 1 nitrogen and oxygen atoms in total. The van der Waals surface area contributed by atoms with Gasteiger partial charge in [0.1, 0.15) is 0 Å². The predicted octanol–water partition coefficient (Wildman–Crippen LogP) is 1.95. The van der Waals surface area contributed by atoms with E-state index in [0.29, 0.717) is 5.33 Å². The zero-order chi connectivity index (χ0) is 7.44. The number of alkyl halides is 1. The molecule has 0 aromatic heterocycles. The van der Waals surface area contributed by atoms with E-state index in [2.05, 4.69) is 22.5 Å². The van der Waals surface area contributed by atoms with Crippen LogP contribution in [0.5, 0.6) is 0 Å². The van der Waals surface area contributed by atoms with Crippen molar-refractivity contribution in [2.45, 2.75) is 20.0 Å². The molecule has 0 rings (SSSR count). The molecule has 0 saturated heterocycles. The van der Waals surface area contributed by atoms with Crippen molar-refractivity contribution in [2.24, 2.45) is 5.92 Å². The van der Waals surface area contributed by atoms with Crippen molar-refractivity contribution in [1.29, 1.82) is 0 Å². The summed E-state index contributed by atoms with van der Waals surface area (Å²) in [6.45, 7) is 7.64. The average molecular weight is 193 g/mol. The summed E-state index contributed by atoms with van der Waals surface area (Å²) in [5, 5.41) is 9.95. The minimum absolute atomic E-state index is 0.273. The summed E-state index contributed by atoms with van der Waals surface area (Å²) in [6.07, 6.45) is -0.357. The van der Waals surface area contributed by atoms with Crippen molar-refractivity contribution in [1.82, 2.24) is 0 Å². The largest absolute Gasteiger partial charge is 0.388 e. The molecule has 0 amide bonds. The minimum Gasteiger partial charge on any atom is -0.388 e. The Morgan fingerprint density at radius 1 is 1.67 bits per heavy atom. The Balaban J connectivity index is 3.72. The van der Waals surface area contributed by atoms with Crippen LogP contribution in [0.15, 0.2) is 12.2 Å². The lowest BCUT2D eigenvalue weighted by Gasteiger charge is -2.14. The summed E-state index contributed by atoms with van der Waals surface area (Å²) in [7, 11) is 0. The maximum absolute atomic E-state index is 9.27. The van der Waals surface area contributed by atoms with Crippen molar-refractivity contribution in [3.05, 3.63) is 12.2 Å². The predicted molar refractivity (Wildman–Crippen MR) is 43.8 cm³/mol. The van der Waals surface area contributed by atoms with E-state index in [9.17, 15) is 5.11 Å². The highest BCUT2D eigenvalue weighted by Crippen LogP contribution is 2.11. The van der Waals surface area contributed by atoms with Crippen molar-refractivity contribution in [2.75, 3.05) is 5.33 Å². The quantitative estimate of drug-likeness (QED) is 0.536. The molecule has 0 aliphatic heterocycles. The molecule has 0 spiro atoms. The average Bonchev–Trinajstić information content (AvgIpc) is 1.84. The van der Waals surface area contributed by atoms with Gasteiger partial charge in [-0.2, -0.15) is 0 Å². The first-order valence-electron chi connectivity index (χ1n) is 3.01. The number of hydrogen-bond donors (Lipinski definition) is 1. The van der Waals surface area contributed by atoms with E-state index in [0.717, 1.165) is 5.57 Å². The number of hydrogen-bond acceptors (Lipinski definition) is 1. The molecule has 0 fully saturated rings. The SMILES string of the molecule is C=C(CBr)[C@H](O)C(C)C. The van der Waals surface area contributed by atoms with Crippen LogP contribution in [0, 0.1) is 5.92 Å². The Kier molecular flexibility index (Phi) is 4.15. The first-order chi connectivity index (χ1) is 4.09. The van der Waals surface area contributed by atoms with Crippen LogP contribution in [0.2, 0.25) is 0 Å². The minimum atomic E-state index is -0.357. The highest BCUT2D eigenvalue weighted by molar-refractivity contribution is 9.09. The topological polar surface area (TPSA) is 20.2 Å². The van der Waals surface area contributed by atoms with E-state index in [1.807, 2.05) is 13.8 Å². The molecular formula is C7H13BrO. The third-order valence-electron chi connectivity index (χ3n) is 1.22. The summed E-state index contributed by atoms with van der Waals surface area (Å²) in [5.41, 5.74) is 0.852. The second kappa shape index (κ2) is 4.07. The van der Waals surface area contributed by atoms with Gasteiger partial charge < -0.3 is 5.11 Å². The normalized spacial score (nSPS) is 13.9. The van der Waals surface area contributed by atoms with Crippen LogP contribution in [0.25, 0.3) is 0 Å². The smallest absolute Gasteiger partial charge is 0.0778 e. The zero-order valence-electron chi connectivity index (χ0n) is 5.89. The zero-order valence-corrected chi connectivity index (χ0v) is 7.48. The molecule has 0 aliphatic carbocycles. The Hall–Kier alpha value is 0.180. The van der Waals surface area contributed by atoms with Crippen molar-refractivity contribution < 1.29 is 5.11 Å². The lowest BCUT2D eigenvalue weighted by atomic mass is 10.0. The monoisotopic (exact) mass is 192 g/mol. The van der Waals surface area contributed by atoms with E-state index < -0.39 is 0 Å². The van der Waals surface area contributed by atoms with Crippen LogP contribution in [-0.4, -0.2) is 16.5 Å². The third-order valence-corrected chi connectivity index (χ3v) is 1.94. The molecule has 0 aliphatic rings. The Morgan fingerprint density at radius 2 is 2.11 bits per heavy atom. The van der Waals surface area contributed by atoms with Crippen molar-refractivity contribution in [3.8, 4) is 0 Å². The van der Waals surface area contributed by atoms with Crippen LogP contribution in [-0.2, 0) is 0 Å². The van der Waals surface area contributed by atoms with E-state index in [4.69, 9.17) is 0 Å². The van der Waals surface area contributed by atoms with Gasteiger partial charge in [0.15, 0.2) is 0 Å². The van der Waals surface area contributed by atoms with Gasteiger partial charge in [-0.1, -0.05) is 36.4 Å². The summed E-state index contributed by atoms with van der Waals surface area (Å²) in [4.78, 5) is 0. The summed E-state index contributed by atoms with van der Waals surface area (Å²) >= 11 is 3.22. The molecule has 0 saturated carbocycles. The second-order valence-electron chi connectivity index (χ2n) is 2.48. The fourth-order valence-corrected chi connectivity index (χ4v) is 0.882. The maximum atomic E-state index is 9.27. The molecule has 0 heterocycles. The first-order valence-corrected chi connectivity index (χ1v) is 4.13. The molecule has 1 N–H and O–H groups in total. The second-order valence-corrected chi connectivity index (χ2v) is 3.04. The number of aliphatic hydroxyl groups is 1. The Labute approximate surface area is 64.9 Å². The molecule has 9 heavy (non-hydrogen) atoms. The molecule has 54 valence electrons. The molecule has 0 aromatic rings. The standard InChI is InChI=1S/C7H13BrO/c1-5(2)7(9)6(3)4-8/h5,7,9H,3-4H2,1-2H3/t7-/m1/s1. The van der Waals surface area contributed by atoms with Crippen molar-refractivity contribution in [3.63, 3.8) is 0 Å². The molecule has 0 radical (unpaired) electrons. The molecule has 0 unspecified atom stereocenters. The van der Waals surface area contributed by atoms with Crippen LogP contribution in [0.3, 0.4) is 0 Å². The molecule has 1 atom stereocenters. The van der Waals surface area contributed by atoms with Crippen LogP contribution >= 0.6 is 15.9 Å². The van der Waals surface area contributed by atoms with E-state index in [1.165, 1.54) is 0 Å². The van der Waals surface area contributed by atoms with Gasteiger partial charge in [-0.25, -0.2) is 0 Å². The van der Waals surface area contributed by atoms with Crippen LogP contribution < -0.4 is 0 Å². The number of halogens is 1. The highest BCUT2D eigenvalue weighted by Gasteiger charge is 2.10. The summed E-state index contributed by atoms with van der Waals surface area (Å²) in [5.74, 6) is 0.273. The van der Waals surface area contributed by atoms with Gasteiger partial charge in [0.05, 0.1) is 6.10 Å². The van der Waals surface area contributed by atoms with Crippen molar-refractivity contribution >= 4 is 15.9 Å². The highest BCUT2D eigenvalue weighted by atomic mass is 79.9. The number of aliphatic hydroxyl groups excluding tert-OH is 1. The summed E-state index contributed by atoms with van der Waals surface area (Å²) in [6, 6.07) is 0. The summed E-state index contributed by atoms with van der Waals surface area (Å²) < 4.78 is 0. The van der Waals surface area contributed by atoms with E-state index in [1.54, 1.807) is 0 Å². The van der Waals surface area contributed by atoms with Gasteiger partial charge >= 0.3 is 0 Å². The molecule has 2 heteroatoms. The van der Waals surface area contributed by atoms with Gasteiger partial charge in [0, 0.05) is 5.33 Å². The lowest BCUT2D eigenvalue weighted by molar-refractivity contribution is 0.161. The van der Waals surface area contributed by atoms with Gasteiger partial charge in [-0.3, -0.25) is 0 Å². The van der Waals surface area contributed by atoms with E-state index >= 15 is 0 Å². The molecular weight excluding hydrogens is 180 g/mol. The Morgan fingerprint density at radius 3 is 2.22 bits per heavy atom. The lowest BCUT2D eigenvalue weighted by Crippen LogP contribution is -2.17. The molecule has 0 aromatic carbocycles. The third kappa shape index (κ3) is 3.01. The maximum Gasteiger partial charge on any atom is 0.0778 e. The first kappa shape index (κ1) is 9.18. The van der Waals surface area contributed by atoms with Gasteiger partial charge in [-0.15, -0.1) is 0 Å². The van der Waals surface area contributed by atoms with E-state index in [-0.39, 0.29) is 12.0 Å². The van der Waals surface area contributed by atoms with Crippen LogP contribution in [0.4, 0.5) is 0 Å². The van der Waals surface area contributed by atoms with Crippen LogP contribution in [0.1, 0.15) is 13.8 Å². The fraction of sp³-hybridized carbons (Fsp3) is 0.714. The van der Waals surface area contributed by atoms with Gasteiger partial charge in [-0.05, 0) is 11.5 Å². The van der Waals surface area contributed by atoms with Gasteiger partial charge in [0.25, 0.3) is 0 Å².